The summed E-state index contributed by atoms with van der Waals surface area (Å²) in [5, 5.41) is 4.33. The third-order valence-corrected chi connectivity index (χ3v) is 5.77. The molecule has 3 aromatic carbocycles. The van der Waals surface area contributed by atoms with Crippen LogP contribution in [-0.2, 0) is 11.2 Å². The Hall–Kier alpha value is -2.95. The second-order valence-electron chi connectivity index (χ2n) is 6.68. The van der Waals surface area contributed by atoms with Gasteiger partial charge in [0.05, 0.1) is 5.92 Å². The molecule has 4 rings (SSSR count). The topological polar surface area (TPSA) is 42.0 Å². The molecule has 0 aliphatic carbocycles. The average Bonchev–Trinajstić information content (AvgIpc) is 3.18. The lowest BCUT2D eigenvalue weighted by atomic mass is 9.90. The summed E-state index contributed by atoms with van der Waals surface area (Å²) in [6.45, 7) is 0. The SMILES string of the molecule is O=C(Nc1ncc(Cc2ccc(Cl)cc2)s1)C(c1ccccc1)c1ccccc1. The zero-order valence-corrected chi connectivity index (χ0v) is 17.2. The molecule has 0 bridgehead atoms. The number of hydrogen-bond donors (Lipinski definition) is 1. The van der Waals surface area contributed by atoms with E-state index in [1.807, 2.05) is 91.1 Å². The van der Waals surface area contributed by atoms with Crippen LogP contribution < -0.4 is 5.32 Å². The van der Waals surface area contributed by atoms with Gasteiger partial charge in [0.2, 0.25) is 5.91 Å². The standard InChI is InChI=1S/C24H19ClN2OS/c25-20-13-11-17(12-14-20)15-21-16-26-24(29-21)27-23(28)22(18-7-3-1-4-8-18)19-9-5-2-6-10-19/h1-14,16,22H,15H2,(H,26,27,28). The molecule has 0 fully saturated rings. The Morgan fingerprint density at radius 1 is 0.897 bits per heavy atom. The van der Waals surface area contributed by atoms with Crippen LogP contribution in [0.2, 0.25) is 5.02 Å². The van der Waals surface area contributed by atoms with Gasteiger partial charge in [0.15, 0.2) is 5.13 Å². The molecule has 5 heteroatoms. The fraction of sp³-hybridized carbons (Fsp3) is 0.0833. The van der Waals surface area contributed by atoms with Gasteiger partial charge in [-0.15, -0.1) is 11.3 Å². The molecule has 3 nitrogen and oxygen atoms in total. The van der Waals surface area contributed by atoms with Crippen LogP contribution in [0.25, 0.3) is 0 Å². The lowest BCUT2D eigenvalue weighted by molar-refractivity contribution is -0.116. The monoisotopic (exact) mass is 418 g/mol. The highest BCUT2D eigenvalue weighted by molar-refractivity contribution is 7.15. The second kappa shape index (κ2) is 9.03. The normalized spacial score (nSPS) is 10.8. The van der Waals surface area contributed by atoms with Crippen LogP contribution in [-0.4, -0.2) is 10.9 Å². The van der Waals surface area contributed by atoms with Gasteiger partial charge in [-0.25, -0.2) is 4.98 Å². The van der Waals surface area contributed by atoms with Crippen LogP contribution in [0.15, 0.2) is 91.1 Å². The first-order valence-electron chi connectivity index (χ1n) is 9.29. The van der Waals surface area contributed by atoms with E-state index in [0.29, 0.717) is 5.13 Å². The van der Waals surface area contributed by atoms with Crippen molar-refractivity contribution in [2.75, 3.05) is 5.32 Å². The first-order valence-corrected chi connectivity index (χ1v) is 10.5. The summed E-state index contributed by atoms with van der Waals surface area (Å²) < 4.78 is 0. The molecule has 0 saturated heterocycles. The van der Waals surface area contributed by atoms with Gasteiger partial charge >= 0.3 is 0 Å². The zero-order valence-electron chi connectivity index (χ0n) is 15.6. The molecule has 0 aliphatic heterocycles. The molecule has 0 unspecified atom stereocenters. The van der Waals surface area contributed by atoms with Crippen molar-refractivity contribution >= 4 is 34.0 Å². The molecular weight excluding hydrogens is 400 g/mol. The largest absolute Gasteiger partial charge is 0.301 e. The van der Waals surface area contributed by atoms with Crippen molar-refractivity contribution in [3.8, 4) is 0 Å². The van der Waals surface area contributed by atoms with E-state index in [2.05, 4.69) is 10.3 Å². The Balaban J connectivity index is 1.52. The van der Waals surface area contributed by atoms with Crippen LogP contribution in [0.4, 0.5) is 5.13 Å². The molecule has 1 heterocycles. The number of carbonyl (C=O) groups excluding carboxylic acids is 1. The van der Waals surface area contributed by atoms with Gasteiger partial charge < -0.3 is 5.32 Å². The van der Waals surface area contributed by atoms with Crippen molar-refractivity contribution < 1.29 is 4.79 Å². The van der Waals surface area contributed by atoms with Crippen molar-refractivity contribution in [1.82, 2.24) is 4.98 Å². The van der Waals surface area contributed by atoms with Gasteiger partial charge in [0.1, 0.15) is 0 Å². The Labute approximate surface area is 179 Å². The number of thiazole rings is 1. The van der Waals surface area contributed by atoms with Crippen molar-refractivity contribution in [3.05, 3.63) is 118 Å². The molecule has 0 aliphatic rings. The lowest BCUT2D eigenvalue weighted by Gasteiger charge is -2.17. The fourth-order valence-corrected chi connectivity index (χ4v) is 4.19. The van der Waals surface area contributed by atoms with Crippen LogP contribution in [0.3, 0.4) is 0 Å². The third-order valence-electron chi connectivity index (χ3n) is 4.60. The first-order chi connectivity index (χ1) is 14.2. The summed E-state index contributed by atoms with van der Waals surface area (Å²) in [5.74, 6) is -0.476. The fourth-order valence-electron chi connectivity index (χ4n) is 3.21. The maximum atomic E-state index is 13.2. The smallest absolute Gasteiger partial charge is 0.238 e. The summed E-state index contributed by atoms with van der Waals surface area (Å²) in [5.41, 5.74) is 3.06. The lowest BCUT2D eigenvalue weighted by Crippen LogP contribution is -2.22. The van der Waals surface area contributed by atoms with E-state index in [4.69, 9.17) is 11.6 Å². The van der Waals surface area contributed by atoms with E-state index in [1.54, 1.807) is 0 Å². The summed E-state index contributed by atoms with van der Waals surface area (Å²) in [6, 6.07) is 27.4. The van der Waals surface area contributed by atoms with E-state index in [1.165, 1.54) is 11.3 Å². The summed E-state index contributed by atoms with van der Waals surface area (Å²) >= 11 is 7.44. The summed E-state index contributed by atoms with van der Waals surface area (Å²) in [7, 11) is 0. The maximum Gasteiger partial charge on any atom is 0.238 e. The van der Waals surface area contributed by atoms with Gasteiger partial charge in [-0.2, -0.15) is 0 Å². The number of benzene rings is 3. The number of amides is 1. The van der Waals surface area contributed by atoms with Gasteiger partial charge in [-0.1, -0.05) is 84.4 Å². The highest BCUT2D eigenvalue weighted by Crippen LogP contribution is 2.28. The van der Waals surface area contributed by atoms with Gasteiger partial charge in [0.25, 0.3) is 0 Å². The average molecular weight is 419 g/mol. The van der Waals surface area contributed by atoms with Crippen LogP contribution in [0.5, 0.6) is 0 Å². The summed E-state index contributed by atoms with van der Waals surface area (Å²) in [4.78, 5) is 18.6. The highest BCUT2D eigenvalue weighted by Gasteiger charge is 2.23. The van der Waals surface area contributed by atoms with E-state index in [0.717, 1.165) is 33.0 Å². The van der Waals surface area contributed by atoms with E-state index >= 15 is 0 Å². The highest BCUT2D eigenvalue weighted by atomic mass is 35.5. The minimum atomic E-state index is -0.388. The molecular formula is C24H19ClN2OS. The minimum Gasteiger partial charge on any atom is -0.301 e. The second-order valence-corrected chi connectivity index (χ2v) is 8.23. The van der Waals surface area contributed by atoms with Crippen LogP contribution in [0, 0.1) is 0 Å². The Morgan fingerprint density at radius 2 is 1.48 bits per heavy atom. The summed E-state index contributed by atoms with van der Waals surface area (Å²) in [6.07, 6.45) is 2.57. The third kappa shape index (κ3) is 4.91. The van der Waals surface area contributed by atoms with Gasteiger partial charge in [-0.05, 0) is 28.8 Å². The molecule has 144 valence electrons. The number of halogens is 1. The minimum absolute atomic E-state index is 0.0882. The Bertz CT molecular complexity index is 1040. The Morgan fingerprint density at radius 3 is 2.07 bits per heavy atom. The molecule has 4 aromatic rings. The van der Waals surface area contributed by atoms with E-state index in [9.17, 15) is 4.79 Å². The number of hydrogen-bond acceptors (Lipinski definition) is 3. The number of anilines is 1. The van der Waals surface area contributed by atoms with Crippen molar-refractivity contribution in [1.29, 1.82) is 0 Å². The predicted octanol–water partition coefficient (Wildman–Crippen LogP) is 6.16. The first kappa shape index (κ1) is 19.4. The molecule has 0 radical (unpaired) electrons. The molecule has 1 amide bonds. The molecule has 0 spiro atoms. The number of nitrogens with one attached hydrogen (secondary N) is 1. The number of rotatable bonds is 6. The Kier molecular flexibility index (Phi) is 6.03. The molecule has 1 aromatic heterocycles. The van der Waals surface area contributed by atoms with Gasteiger partial charge in [0, 0.05) is 22.5 Å². The molecule has 1 N–H and O–H groups in total. The quantitative estimate of drug-likeness (QED) is 0.407. The molecule has 29 heavy (non-hydrogen) atoms. The van der Waals surface area contributed by atoms with Crippen molar-refractivity contribution in [2.45, 2.75) is 12.3 Å². The zero-order chi connectivity index (χ0) is 20.1. The van der Waals surface area contributed by atoms with E-state index in [-0.39, 0.29) is 11.8 Å². The van der Waals surface area contributed by atoms with Crippen LogP contribution >= 0.6 is 22.9 Å². The van der Waals surface area contributed by atoms with Crippen molar-refractivity contribution in [2.24, 2.45) is 0 Å². The number of aromatic nitrogens is 1. The predicted molar refractivity (Wildman–Crippen MR) is 120 cm³/mol. The van der Waals surface area contributed by atoms with Crippen molar-refractivity contribution in [3.63, 3.8) is 0 Å². The molecule has 0 saturated carbocycles. The number of nitrogens with zero attached hydrogens (tertiary/aromatic N) is 1. The molecule has 0 atom stereocenters. The van der Waals surface area contributed by atoms with E-state index < -0.39 is 0 Å². The van der Waals surface area contributed by atoms with Gasteiger partial charge in [-0.3, -0.25) is 4.79 Å². The van der Waals surface area contributed by atoms with Crippen LogP contribution in [0.1, 0.15) is 27.5 Å². The maximum absolute atomic E-state index is 13.2. The number of carbonyl (C=O) groups is 1.